The topological polar surface area (TPSA) is 41.5 Å². The summed E-state index contributed by atoms with van der Waals surface area (Å²) in [5.74, 6) is 0.772. The van der Waals surface area contributed by atoms with Gasteiger partial charge in [0.1, 0.15) is 5.84 Å². The largest absolute Gasteiger partial charge is 0.310 e. The van der Waals surface area contributed by atoms with E-state index >= 15 is 0 Å². The zero-order valence-electron chi connectivity index (χ0n) is 9.00. The zero-order chi connectivity index (χ0) is 10.8. The van der Waals surface area contributed by atoms with Crippen LogP contribution in [0.5, 0.6) is 0 Å². The van der Waals surface area contributed by atoms with Crippen molar-refractivity contribution in [1.29, 1.82) is 0 Å². The van der Waals surface area contributed by atoms with E-state index in [4.69, 9.17) is 0 Å². The summed E-state index contributed by atoms with van der Waals surface area (Å²) in [5, 5.41) is 2.81. The average molecular weight is 202 g/mol. The molecule has 1 N–H and O–H groups in total. The summed E-state index contributed by atoms with van der Waals surface area (Å²) >= 11 is 0. The maximum Gasteiger partial charge on any atom is 0.227 e. The molecule has 0 spiro atoms. The van der Waals surface area contributed by atoms with Crippen molar-refractivity contribution in [3.05, 3.63) is 34.9 Å². The molecule has 0 fully saturated rings. The Balaban J connectivity index is 2.40. The minimum absolute atomic E-state index is 0.0564. The van der Waals surface area contributed by atoms with Gasteiger partial charge in [0.25, 0.3) is 0 Å². The number of aryl methyl sites for hydroxylation is 2. The Morgan fingerprint density at radius 2 is 2.13 bits per heavy atom. The van der Waals surface area contributed by atoms with Crippen molar-refractivity contribution in [3.63, 3.8) is 0 Å². The molecule has 2 rings (SSSR count). The summed E-state index contributed by atoms with van der Waals surface area (Å²) in [7, 11) is 0. The lowest BCUT2D eigenvalue weighted by Crippen LogP contribution is -2.35. The maximum absolute atomic E-state index is 11.3. The summed E-state index contributed by atoms with van der Waals surface area (Å²) < 4.78 is 0. The number of amides is 1. The Hall–Kier alpha value is -1.64. The highest BCUT2D eigenvalue weighted by Gasteiger charge is 2.14. The van der Waals surface area contributed by atoms with Crippen LogP contribution in [-0.2, 0) is 4.79 Å². The number of hydrogen-bond acceptors (Lipinski definition) is 2. The van der Waals surface area contributed by atoms with Crippen molar-refractivity contribution in [2.75, 3.05) is 6.54 Å². The normalized spacial score (nSPS) is 15.9. The second-order valence-corrected chi connectivity index (χ2v) is 3.85. The van der Waals surface area contributed by atoms with Crippen LogP contribution in [0, 0.1) is 13.8 Å². The van der Waals surface area contributed by atoms with Gasteiger partial charge in [-0.15, -0.1) is 0 Å². The molecule has 0 atom stereocenters. The highest BCUT2D eigenvalue weighted by Crippen LogP contribution is 2.12. The second kappa shape index (κ2) is 3.85. The highest BCUT2D eigenvalue weighted by atomic mass is 16.1. The monoisotopic (exact) mass is 202 g/mol. The summed E-state index contributed by atoms with van der Waals surface area (Å²) in [6, 6.07) is 6.16. The predicted molar refractivity (Wildman–Crippen MR) is 60.1 cm³/mol. The Morgan fingerprint density at radius 1 is 1.33 bits per heavy atom. The smallest absolute Gasteiger partial charge is 0.227 e. The molecule has 0 saturated carbocycles. The van der Waals surface area contributed by atoms with Crippen LogP contribution in [0.15, 0.2) is 23.2 Å². The number of hydrogen-bond donors (Lipinski definition) is 1. The van der Waals surface area contributed by atoms with E-state index in [1.165, 1.54) is 5.56 Å². The lowest BCUT2D eigenvalue weighted by molar-refractivity contribution is -0.119. The van der Waals surface area contributed by atoms with Gasteiger partial charge in [0.05, 0.1) is 6.54 Å². The van der Waals surface area contributed by atoms with Crippen LogP contribution in [0.25, 0.3) is 0 Å². The van der Waals surface area contributed by atoms with Crippen LogP contribution < -0.4 is 5.32 Å². The lowest BCUT2D eigenvalue weighted by Gasteiger charge is -2.15. The molecule has 1 aliphatic rings. The SMILES string of the molecule is Cc1ccc(C)c(C2=NCCC(=O)N2)c1. The summed E-state index contributed by atoms with van der Waals surface area (Å²) in [6.07, 6.45) is 0.494. The Morgan fingerprint density at radius 3 is 2.87 bits per heavy atom. The van der Waals surface area contributed by atoms with Gasteiger partial charge < -0.3 is 5.32 Å². The molecule has 1 heterocycles. The number of nitrogens with zero attached hydrogens (tertiary/aromatic N) is 1. The summed E-state index contributed by atoms with van der Waals surface area (Å²) in [5.41, 5.74) is 3.35. The molecular weight excluding hydrogens is 188 g/mol. The van der Waals surface area contributed by atoms with E-state index in [9.17, 15) is 4.79 Å². The number of carbonyl (C=O) groups excluding carboxylic acids is 1. The fraction of sp³-hybridized carbons (Fsp3) is 0.333. The molecule has 1 aliphatic heterocycles. The van der Waals surface area contributed by atoms with Crippen LogP contribution in [0.1, 0.15) is 23.1 Å². The van der Waals surface area contributed by atoms with E-state index in [-0.39, 0.29) is 5.91 Å². The maximum atomic E-state index is 11.3. The van der Waals surface area contributed by atoms with Crippen LogP contribution in [0.4, 0.5) is 0 Å². The Labute approximate surface area is 89.2 Å². The molecule has 3 heteroatoms. The quantitative estimate of drug-likeness (QED) is 0.738. The minimum atomic E-state index is 0.0564. The van der Waals surface area contributed by atoms with E-state index in [0.29, 0.717) is 18.8 Å². The zero-order valence-corrected chi connectivity index (χ0v) is 9.00. The van der Waals surface area contributed by atoms with E-state index in [0.717, 1.165) is 11.1 Å². The van der Waals surface area contributed by atoms with Gasteiger partial charge in [-0.25, -0.2) is 0 Å². The molecule has 1 aromatic carbocycles. The molecule has 0 saturated heterocycles. The van der Waals surface area contributed by atoms with Gasteiger partial charge in [0.15, 0.2) is 0 Å². The number of rotatable bonds is 1. The van der Waals surface area contributed by atoms with Crippen molar-refractivity contribution in [3.8, 4) is 0 Å². The standard InChI is InChI=1S/C12H14N2O/c1-8-3-4-9(2)10(7-8)12-13-6-5-11(15)14-12/h3-4,7H,5-6H2,1-2H3,(H,13,14,15). The third-order valence-corrected chi connectivity index (χ3v) is 2.51. The average Bonchev–Trinajstić information content (AvgIpc) is 2.22. The van der Waals surface area contributed by atoms with Gasteiger partial charge in [0.2, 0.25) is 5.91 Å². The van der Waals surface area contributed by atoms with Crippen LogP contribution >= 0.6 is 0 Å². The molecule has 3 nitrogen and oxygen atoms in total. The van der Waals surface area contributed by atoms with Gasteiger partial charge >= 0.3 is 0 Å². The van der Waals surface area contributed by atoms with E-state index in [1.807, 2.05) is 19.9 Å². The first-order valence-electron chi connectivity index (χ1n) is 5.09. The van der Waals surface area contributed by atoms with Crippen molar-refractivity contribution < 1.29 is 4.79 Å². The van der Waals surface area contributed by atoms with Crippen LogP contribution in [0.3, 0.4) is 0 Å². The van der Waals surface area contributed by atoms with Crippen molar-refractivity contribution >= 4 is 11.7 Å². The fourth-order valence-corrected chi connectivity index (χ4v) is 1.65. The molecule has 0 unspecified atom stereocenters. The molecule has 0 aliphatic carbocycles. The van der Waals surface area contributed by atoms with Gasteiger partial charge in [-0.1, -0.05) is 17.7 Å². The second-order valence-electron chi connectivity index (χ2n) is 3.85. The number of amidine groups is 1. The van der Waals surface area contributed by atoms with Gasteiger partial charge in [0, 0.05) is 12.0 Å². The first kappa shape index (κ1) is 9.90. The van der Waals surface area contributed by atoms with Crippen LogP contribution in [-0.4, -0.2) is 18.3 Å². The Bertz CT molecular complexity index is 435. The fourth-order valence-electron chi connectivity index (χ4n) is 1.65. The molecule has 78 valence electrons. The summed E-state index contributed by atoms with van der Waals surface area (Å²) in [6.45, 7) is 4.65. The summed E-state index contributed by atoms with van der Waals surface area (Å²) in [4.78, 5) is 15.6. The van der Waals surface area contributed by atoms with E-state index < -0.39 is 0 Å². The Kier molecular flexibility index (Phi) is 2.54. The minimum Gasteiger partial charge on any atom is -0.310 e. The lowest BCUT2D eigenvalue weighted by atomic mass is 10.0. The molecule has 1 aromatic rings. The number of benzene rings is 1. The van der Waals surface area contributed by atoms with E-state index in [2.05, 4.69) is 22.4 Å². The number of aliphatic imine (C=N–C) groups is 1. The molecule has 1 amide bonds. The third-order valence-electron chi connectivity index (χ3n) is 2.51. The van der Waals surface area contributed by atoms with Crippen molar-refractivity contribution in [1.82, 2.24) is 5.32 Å². The first-order valence-corrected chi connectivity index (χ1v) is 5.09. The van der Waals surface area contributed by atoms with Gasteiger partial charge in [-0.2, -0.15) is 0 Å². The predicted octanol–water partition coefficient (Wildman–Crippen LogP) is 1.57. The number of nitrogens with one attached hydrogen (secondary N) is 1. The highest BCUT2D eigenvalue weighted by molar-refractivity contribution is 6.10. The molecule has 15 heavy (non-hydrogen) atoms. The van der Waals surface area contributed by atoms with Gasteiger partial charge in [-0.05, 0) is 25.5 Å². The van der Waals surface area contributed by atoms with E-state index in [1.54, 1.807) is 0 Å². The van der Waals surface area contributed by atoms with Gasteiger partial charge in [-0.3, -0.25) is 9.79 Å². The van der Waals surface area contributed by atoms with Crippen LogP contribution in [0.2, 0.25) is 0 Å². The molecular formula is C12H14N2O. The molecule has 0 bridgehead atoms. The van der Waals surface area contributed by atoms with Crippen molar-refractivity contribution in [2.24, 2.45) is 4.99 Å². The first-order chi connectivity index (χ1) is 7.16. The third kappa shape index (κ3) is 2.06. The van der Waals surface area contributed by atoms with Crippen molar-refractivity contribution in [2.45, 2.75) is 20.3 Å². The molecule has 0 radical (unpaired) electrons. The molecule has 0 aromatic heterocycles. The number of carbonyl (C=O) groups is 1.